The van der Waals surface area contributed by atoms with Gasteiger partial charge in [0.25, 0.3) is 0 Å². The summed E-state index contributed by atoms with van der Waals surface area (Å²) in [7, 11) is 1.65. The van der Waals surface area contributed by atoms with E-state index in [2.05, 4.69) is 19.2 Å². The van der Waals surface area contributed by atoms with E-state index in [9.17, 15) is 9.90 Å². The van der Waals surface area contributed by atoms with Gasteiger partial charge in [-0.25, -0.2) is 0 Å². The Morgan fingerprint density at radius 3 is 2.24 bits per heavy atom. The molecule has 0 aliphatic heterocycles. The summed E-state index contributed by atoms with van der Waals surface area (Å²) in [5.74, 6) is 0.976. The predicted octanol–water partition coefficient (Wildman–Crippen LogP) is 3.47. The number of hydrogen-bond donors (Lipinski definition) is 2. The van der Waals surface area contributed by atoms with Crippen LogP contribution in [0.4, 0.5) is 0 Å². The summed E-state index contributed by atoms with van der Waals surface area (Å²) in [5.41, 5.74) is 1.74. The van der Waals surface area contributed by atoms with E-state index < -0.39 is 18.2 Å². The van der Waals surface area contributed by atoms with Crippen molar-refractivity contribution >= 4 is 18.4 Å². The first-order valence-corrected chi connectivity index (χ1v) is 10.6. The monoisotopic (exact) mass is 476 g/mol. The summed E-state index contributed by atoms with van der Waals surface area (Å²) >= 11 is 0. The quantitative estimate of drug-likeness (QED) is 0.452. The number of halogens is 1. The SMILES string of the molecule is COc1ccc(CC(C)(C)NC[C@@H](O)COc2ccc(CC(=O)O[C@H](C)C#N)cc2)cc1.Cl. The van der Waals surface area contributed by atoms with Crippen LogP contribution in [-0.4, -0.2) is 49.1 Å². The summed E-state index contributed by atoms with van der Waals surface area (Å²) in [6.07, 6.45) is -0.544. The van der Waals surface area contributed by atoms with E-state index in [-0.39, 0.29) is 31.0 Å². The third kappa shape index (κ3) is 10.6. The van der Waals surface area contributed by atoms with E-state index in [1.54, 1.807) is 31.4 Å². The largest absolute Gasteiger partial charge is 0.497 e. The second-order valence-corrected chi connectivity index (χ2v) is 8.34. The zero-order valence-electron chi connectivity index (χ0n) is 19.5. The lowest BCUT2D eigenvalue weighted by molar-refractivity contribution is -0.145. The Bertz CT molecular complexity index is 895. The molecule has 0 radical (unpaired) electrons. The number of ether oxygens (including phenoxy) is 3. The standard InChI is InChI=1S/C25H32N2O5.ClH/c1-18(15-26)32-24(29)13-19-5-11-23(12-6-19)31-17-21(28)16-27-25(2,3)14-20-7-9-22(30-4)10-8-20;/h5-12,18,21,27-28H,13-14,16-17H2,1-4H3;1H/t18-,21-;/m1./s1. The van der Waals surface area contributed by atoms with Crippen LogP contribution in [0, 0.1) is 11.3 Å². The van der Waals surface area contributed by atoms with E-state index in [1.807, 2.05) is 30.3 Å². The van der Waals surface area contributed by atoms with Gasteiger partial charge in [0.2, 0.25) is 0 Å². The fourth-order valence-electron chi connectivity index (χ4n) is 3.10. The Labute approximate surface area is 202 Å². The maximum atomic E-state index is 11.7. The van der Waals surface area contributed by atoms with Gasteiger partial charge in [-0.15, -0.1) is 12.4 Å². The molecule has 0 heterocycles. The molecule has 33 heavy (non-hydrogen) atoms. The number of rotatable bonds is 12. The van der Waals surface area contributed by atoms with Crippen molar-refractivity contribution in [1.82, 2.24) is 5.32 Å². The van der Waals surface area contributed by atoms with E-state index in [1.165, 1.54) is 12.5 Å². The molecule has 7 nitrogen and oxygen atoms in total. The molecule has 8 heteroatoms. The summed E-state index contributed by atoms with van der Waals surface area (Å²) in [6, 6.07) is 16.8. The number of carbonyl (C=O) groups is 1. The van der Waals surface area contributed by atoms with E-state index in [0.29, 0.717) is 12.3 Å². The molecule has 0 bridgehead atoms. The minimum Gasteiger partial charge on any atom is -0.497 e. The lowest BCUT2D eigenvalue weighted by Crippen LogP contribution is -2.46. The molecule has 2 aromatic carbocycles. The van der Waals surface area contributed by atoms with Crippen LogP contribution in [0.1, 0.15) is 31.9 Å². The molecular weight excluding hydrogens is 444 g/mol. The highest BCUT2D eigenvalue weighted by atomic mass is 35.5. The molecule has 0 aliphatic carbocycles. The molecule has 2 N–H and O–H groups in total. The Morgan fingerprint density at radius 1 is 1.09 bits per heavy atom. The topological polar surface area (TPSA) is 101 Å². The van der Waals surface area contributed by atoms with Crippen LogP contribution >= 0.6 is 12.4 Å². The fraction of sp³-hybridized carbons (Fsp3) is 0.440. The van der Waals surface area contributed by atoms with Gasteiger partial charge in [-0.3, -0.25) is 4.79 Å². The molecule has 0 aliphatic rings. The third-order valence-electron chi connectivity index (χ3n) is 4.83. The van der Waals surface area contributed by atoms with Gasteiger partial charge in [0, 0.05) is 12.1 Å². The van der Waals surface area contributed by atoms with Crippen molar-refractivity contribution in [3.8, 4) is 17.6 Å². The molecule has 180 valence electrons. The molecular formula is C25H33ClN2O5. The van der Waals surface area contributed by atoms with Crippen LogP contribution in [0.2, 0.25) is 0 Å². The second-order valence-electron chi connectivity index (χ2n) is 8.34. The maximum Gasteiger partial charge on any atom is 0.311 e. The number of β-amino-alcohol motifs (C(OH)–C–C–N with tert-alkyl or cyclic N) is 1. The molecule has 0 amide bonds. The highest BCUT2D eigenvalue weighted by Crippen LogP contribution is 2.17. The fourth-order valence-corrected chi connectivity index (χ4v) is 3.10. The Balaban J connectivity index is 0.00000544. The van der Waals surface area contributed by atoms with Gasteiger partial charge >= 0.3 is 5.97 Å². The first kappa shape index (κ1) is 28.2. The molecule has 0 fully saturated rings. The predicted molar refractivity (Wildman–Crippen MR) is 129 cm³/mol. The van der Waals surface area contributed by atoms with Gasteiger partial charge in [0.05, 0.1) is 13.5 Å². The van der Waals surface area contributed by atoms with Crippen molar-refractivity contribution in [3.63, 3.8) is 0 Å². The minimum atomic E-state index is -0.763. The third-order valence-corrected chi connectivity index (χ3v) is 4.83. The molecule has 0 aromatic heterocycles. The number of nitrogens with one attached hydrogen (secondary N) is 1. The van der Waals surface area contributed by atoms with Gasteiger partial charge in [-0.1, -0.05) is 24.3 Å². The number of benzene rings is 2. The van der Waals surface area contributed by atoms with Gasteiger partial charge in [-0.05, 0) is 62.6 Å². The van der Waals surface area contributed by atoms with Crippen LogP contribution in [0.5, 0.6) is 11.5 Å². The Kier molecular flexibility index (Phi) is 11.7. The number of nitrogens with zero attached hydrogens (tertiary/aromatic N) is 1. The van der Waals surface area contributed by atoms with Crippen LogP contribution in [0.3, 0.4) is 0 Å². The number of carbonyl (C=O) groups excluding carboxylic acids is 1. The van der Waals surface area contributed by atoms with Gasteiger partial charge < -0.3 is 24.6 Å². The Hall–Kier alpha value is -2.79. The highest BCUT2D eigenvalue weighted by molar-refractivity contribution is 5.85. The van der Waals surface area contributed by atoms with Crippen molar-refractivity contribution < 1.29 is 24.1 Å². The molecule has 0 unspecified atom stereocenters. The van der Waals surface area contributed by atoms with Gasteiger partial charge in [-0.2, -0.15) is 5.26 Å². The summed E-state index contributed by atoms with van der Waals surface area (Å²) in [4.78, 5) is 11.7. The average Bonchev–Trinajstić information content (AvgIpc) is 2.77. The smallest absolute Gasteiger partial charge is 0.311 e. The van der Waals surface area contributed by atoms with E-state index >= 15 is 0 Å². The van der Waals surface area contributed by atoms with Crippen molar-refractivity contribution in [3.05, 3.63) is 59.7 Å². The first-order valence-electron chi connectivity index (χ1n) is 10.6. The lowest BCUT2D eigenvalue weighted by atomic mass is 9.94. The van der Waals surface area contributed by atoms with Crippen molar-refractivity contribution in [2.75, 3.05) is 20.3 Å². The number of aliphatic hydroxyl groups is 1. The number of aliphatic hydroxyl groups excluding tert-OH is 1. The summed E-state index contributed by atoms with van der Waals surface area (Å²) in [5, 5.41) is 22.4. The first-order chi connectivity index (χ1) is 15.2. The van der Waals surface area contributed by atoms with Crippen LogP contribution < -0.4 is 14.8 Å². The van der Waals surface area contributed by atoms with Crippen molar-refractivity contribution in [2.24, 2.45) is 0 Å². The molecule has 2 atom stereocenters. The Morgan fingerprint density at radius 2 is 1.67 bits per heavy atom. The summed E-state index contributed by atoms with van der Waals surface area (Å²) in [6.45, 7) is 6.24. The van der Waals surface area contributed by atoms with E-state index in [0.717, 1.165) is 17.7 Å². The minimum absolute atomic E-state index is 0. The number of esters is 1. The van der Waals surface area contributed by atoms with Crippen molar-refractivity contribution in [2.45, 2.75) is 51.4 Å². The average molecular weight is 477 g/mol. The molecule has 0 saturated heterocycles. The lowest BCUT2D eigenvalue weighted by Gasteiger charge is -2.28. The maximum absolute atomic E-state index is 11.7. The molecule has 0 saturated carbocycles. The molecule has 0 spiro atoms. The van der Waals surface area contributed by atoms with Gasteiger partial charge in [0.15, 0.2) is 6.10 Å². The van der Waals surface area contributed by atoms with Crippen molar-refractivity contribution in [1.29, 1.82) is 5.26 Å². The number of hydrogen-bond acceptors (Lipinski definition) is 7. The van der Waals surface area contributed by atoms with E-state index in [4.69, 9.17) is 19.5 Å². The number of methoxy groups -OCH3 is 1. The van der Waals surface area contributed by atoms with Crippen LogP contribution in [0.25, 0.3) is 0 Å². The molecule has 2 rings (SSSR count). The van der Waals surface area contributed by atoms with Crippen LogP contribution in [-0.2, 0) is 22.4 Å². The number of nitriles is 1. The summed E-state index contributed by atoms with van der Waals surface area (Å²) < 4.78 is 15.8. The van der Waals surface area contributed by atoms with Crippen LogP contribution in [0.15, 0.2) is 48.5 Å². The zero-order valence-corrected chi connectivity index (χ0v) is 20.4. The second kappa shape index (κ2) is 13.7. The van der Waals surface area contributed by atoms with Gasteiger partial charge in [0.1, 0.15) is 30.3 Å². The zero-order chi connectivity index (χ0) is 23.6. The highest BCUT2D eigenvalue weighted by Gasteiger charge is 2.19. The molecule has 2 aromatic rings. The normalized spacial score (nSPS) is 12.6.